The van der Waals surface area contributed by atoms with Crippen molar-refractivity contribution in [2.75, 3.05) is 0 Å². The minimum absolute atomic E-state index is 0.331. The van der Waals surface area contributed by atoms with Crippen LogP contribution in [0.3, 0.4) is 0 Å². The zero-order chi connectivity index (χ0) is 11.8. The van der Waals surface area contributed by atoms with E-state index < -0.39 is 16.9 Å². The number of benzene rings is 1. The van der Waals surface area contributed by atoms with Gasteiger partial charge in [0.15, 0.2) is 0 Å². The zero-order valence-electron chi connectivity index (χ0n) is 7.81. The molecule has 0 N–H and O–H groups in total. The fourth-order valence-electron chi connectivity index (χ4n) is 1.21. The lowest BCUT2D eigenvalue weighted by Crippen LogP contribution is -2.00. The number of hydrogen-bond acceptors (Lipinski definition) is 1. The van der Waals surface area contributed by atoms with Gasteiger partial charge in [0.1, 0.15) is 10.7 Å². The van der Waals surface area contributed by atoms with Crippen LogP contribution >= 0.6 is 11.3 Å². The molecule has 1 aromatic heterocycles. The van der Waals surface area contributed by atoms with Crippen LogP contribution in [0.2, 0.25) is 0 Å². The van der Waals surface area contributed by atoms with E-state index in [-0.39, 0.29) is 0 Å². The second kappa shape index (κ2) is 3.90. The van der Waals surface area contributed by atoms with Gasteiger partial charge >= 0.3 is 6.18 Å². The van der Waals surface area contributed by atoms with E-state index in [0.29, 0.717) is 22.5 Å². The number of rotatable bonds is 1. The van der Waals surface area contributed by atoms with E-state index in [4.69, 9.17) is 0 Å². The summed E-state index contributed by atoms with van der Waals surface area (Å²) < 4.78 is 49.5. The summed E-state index contributed by atoms with van der Waals surface area (Å²) in [6.45, 7) is 0. The molecule has 5 heteroatoms. The Bertz CT molecular complexity index is 481. The van der Waals surface area contributed by atoms with E-state index >= 15 is 0 Å². The monoisotopic (exact) mass is 245 g/mol. The minimum atomic E-state index is -4.37. The van der Waals surface area contributed by atoms with Crippen molar-refractivity contribution in [2.24, 2.45) is 0 Å². The zero-order valence-corrected chi connectivity index (χ0v) is 8.62. The van der Waals surface area contributed by atoms with E-state index in [9.17, 15) is 17.6 Å². The first kappa shape index (κ1) is 11.1. The van der Waals surface area contributed by atoms with Crippen LogP contribution in [0.25, 0.3) is 11.1 Å². The second-order valence-corrected chi connectivity index (χ2v) is 3.99. The lowest BCUT2D eigenvalue weighted by atomic mass is 10.1. The number of alkyl halides is 3. The van der Waals surface area contributed by atoms with Crippen LogP contribution in [0.15, 0.2) is 29.6 Å². The van der Waals surface area contributed by atoms with Crippen LogP contribution in [-0.4, -0.2) is 0 Å². The number of thiophene rings is 1. The Kier molecular flexibility index (Phi) is 2.71. The molecule has 1 heterocycles. The number of hydrogen-bond donors (Lipinski definition) is 0. The van der Waals surface area contributed by atoms with Crippen molar-refractivity contribution in [1.29, 1.82) is 0 Å². The third-order valence-corrected chi connectivity index (χ3v) is 2.88. The van der Waals surface area contributed by atoms with Crippen LogP contribution in [0, 0.1) is 11.9 Å². The molecule has 2 rings (SSSR count). The molecule has 1 aromatic carbocycles. The summed E-state index contributed by atoms with van der Waals surface area (Å²) in [6, 6.07) is 7.51. The van der Waals surface area contributed by atoms with Gasteiger partial charge in [0.05, 0.1) is 0 Å². The molecule has 16 heavy (non-hydrogen) atoms. The van der Waals surface area contributed by atoms with Gasteiger partial charge in [-0.2, -0.15) is 13.2 Å². The van der Waals surface area contributed by atoms with Crippen LogP contribution < -0.4 is 0 Å². The highest BCUT2D eigenvalue weighted by atomic mass is 32.1. The molecule has 83 valence electrons. The maximum Gasteiger partial charge on any atom is 0.426 e. The van der Waals surface area contributed by atoms with E-state index in [0.717, 1.165) is 0 Å². The smallest absolute Gasteiger partial charge is 0.207 e. The first-order valence-electron chi connectivity index (χ1n) is 4.31. The van der Waals surface area contributed by atoms with Crippen LogP contribution in [-0.2, 0) is 6.18 Å². The highest BCUT2D eigenvalue weighted by molar-refractivity contribution is 7.10. The van der Waals surface area contributed by atoms with Crippen molar-refractivity contribution in [3.8, 4) is 11.1 Å². The van der Waals surface area contributed by atoms with E-state index in [2.05, 4.69) is 6.07 Å². The van der Waals surface area contributed by atoms with Gasteiger partial charge in [-0.25, -0.2) is 4.39 Å². The molecule has 0 aliphatic heterocycles. The van der Waals surface area contributed by atoms with E-state index in [1.54, 1.807) is 0 Å². The molecule has 0 aliphatic carbocycles. The van der Waals surface area contributed by atoms with Gasteiger partial charge < -0.3 is 0 Å². The molecule has 1 radical (unpaired) electrons. The van der Waals surface area contributed by atoms with Crippen LogP contribution in [0.5, 0.6) is 0 Å². The van der Waals surface area contributed by atoms with Crippen molar-refractivity contribution in [2.45, 2.75) is 6.18 Å². The normalized spacial score (nSPS) is 11.8. The first-order valence-corrected chi connectivity index (χ1v) is 5.19. The molecule has 0 fully saturated rings. The van der Waals surface area contributed by atoms with Crippen molar-refractivity contribution >= 4 is 11.3 Å². The average molecular weight is 245 g/mol. The highest BCUT2D eigenvalue weighted by Gasteiger charge is 2.32. The van der Waals surface area contributed by atoms with Crippen LogP contribution in [0.1, 0.15) is 4.88 Å². The second-order valence-electron chi connectivity index (χ2n) is 3.11. The highest BCUT2D eigenvalue weighted by Crippen LogP contribution is 2.36. The van der Waals surface area contributed by atoms with Crippen LogP contribution in [0.4, 0.5) is 17.6 Å². The third-order valence-electron chi connectivity index (χ3n) is 1.96. The quantitative estimate of drug-likeness (QED) is 0.654. The van der Waals surface area contributed by atoms with Crippen molar-refractivity contribution in [1.82, 2.24) is 0 Å². The SMILES string of the molecule is Fc1ccc(-c2[c]c(C(F)(F)F)sc2)cc1. The molecule has 0 saturated carbocycles. The molecule has 0 atom stereocenters. The molecule has 0 nitrogen and oxygen atoms in total. The predicted molar refractivity (Wildman–Crippen MR) is 53.6 cm³/mol. The predicted octanol–water partition coefficient (Wildman–Crippen LogP) is 4.37. The Labute approximate surface area is 93.2 Å². The molecule has 0 amide bonds. The Hall–Kier alpha value is -1.36. The summed E-state index contributed by atoms with van der Waals surface area (Å²) in [6.07, 6.45) is -4.37. The molecule has 0 unspecified atom stereocenters. The summed E-state index contributed by atoms with van der Waals surface area (Å²) in [5.41, 5.74) is 0.852. The lowest BCUT2D eigenvalue weighted by Gasteiger charge is -2.00. The molecule has 2 aromatic rings. The van der Waals surface area contributed by atoms with Gasteiger partial charge in [-0.15, -0.1) is 11.3 Å². The van der Waals surface area contributed by atoms with Crippen molar-refractivity contribution < 1.29 is 17.6 Å². The van der Waals surface area contributed by atoms with Gasteiger partial charge in [-0.05, 0) is 23.1 Å². The van der Waals surface area contributed by atoms with Gasteiger partial charge in [0.25, 0.3) is 0 Å². The molecule has 0 saturated heterocycles. The third kappa shape index (κ3) is 2.24. The molecular weight excluding hydrogens is 240 g/mol. The molecule has 0 bridgehead atoms. The van der Waals surface area contributed by atoms with Crippen molar-refractivity contribution in [3.05, 3.63) is 46.4 Å². The standard InChI is InChI=1S/C11H5F4S/c12-9-3-1-7(2-4-9)8-5-10(16-6-8)11(13,14)15/h1-4,6H. The molecule has 0 aliphatic rings. The van der Waals surface area contributed by atoms with Gasteiger partial charge in [-0.1, -0.05) is 12.1 Å². The summed E-state index contributed by atoms with van der Waals surface area (Å²) >= 11 is 0.581. The van der Waals surface area contributed by atoms with Crippen molar-refractivity contribution in [3.63, 3.8) is 0 Å². The maximum atomic E-state index is 12.6. The fraction of sp³-hybridized carbons (Fsp3) is 0.0909. The Morgan fingerprint density at radius 3 is 2.19 bits per heavy atom. The first-order chi connectivity index (χ1) is 7.47. The largest absolute Gasteiger partial charge is 0.426 e. The maximum absolute atomic E-state index is 12.6. The van der Waals surface area contributed by atoms with E-state index in [1.807, 2.05) is 0 Å². The lowest BCUT2D eigenvalue weighted by molar-refractivity contribution is -0.134. The Morgan fingerprint density at radius 2 is 1.69 bits per heavy atom. The topological polar surface area (TPSA) is 0 Å². The van der Waals surface area contributed by atoms with Gasteiger partial charge in [0.2, 0.25) is 0 Å². The summed E-state index contributed by atoms with van der Waals surface area (Å²) in [7, 11) is 0. The molecule has 0 spiro atoms. The average Bonchev–Trinajstić information content (AvgIpc) is 2.67. The minimum Gasteiger partial charge on any atom is -0.207 e. The summed E-state index contributed by atoms with van der Waals surface area (Å²) in [5, 5.41) is 1.36. The fourth-order valence-corrected chi connectivity index (χ4v) is 1.94. The molecular formula is C11H5F4S. The number of halogens is 4. The van der Waals surface area contributed by atoms with Gasteiger partial charge in [-0.3, -0.25) is 0 Å². The Balaban J connectivity index is 2.35. The Morgan fingerprint density at radius 1 is 1.06 bits per heavy atom. The summed E-state index contributed by atoms with van der Waals surface area (Å²) in [4.78, 5) is -0.771. The van der Waals surface area contributed by atoms with Gasteiger partial charge in [0, 0.05) is 11.6 Å². The summed E-state index contributed by atoms with van der Waals surface area (Å²) in [5.74, 6) is -0.421. The van der Waals surface area contributed by atoms with E-state index in [1.165, 1.54) is 29.6 Å².